The Morgan fingerprint density at radius 2 is 2.26 bits per heavy atom. The fourth-order valence-corrected chi connectivity index (χ4v) is 2.28. The van der Waals surface area contributed by atoms with Crippen LogP contribution in [0.1, 0.15) is 19.3 Å². The van der Waals surface area contributed by atoms with E-state index >= 15 is 0 Å². The van der Waals surface area contributed by atoms with Gasteiger partial charge in [-0.25, -0.2) is 0 Å². The smallest absolute Gasteiger partial charge is 0.260 e. The summed E-state index contributed by atoms with van der Waals surface area (Å²) in [5.74, 6) is 0.497. The summed E-state index contributed by atoms with van der Waals surface area (Å²) >= 11 is 5.85. The first-order valence-corrected chi connectivity index (χ1v) is 6.87. The molecule has 0 heterocycles. The van der Waals surface area contributed by atoms with Gasteiger partial charge in [0, 0.05) is 17.6 Å². The first-order chi connectivity index (χ1) is 9.20. The molecule has 1 aromatic carbocycles. The number of aliphatic hydroxyl groups excluding tert-OH is 1. The average molecular weight is 284 g/mol. The van der Waals surface area contributed by atoms with E-state index in [4.69, 9.17) is 21.4 Å². The van der Waals surface area contributed by atoms with E-state index in [1.54, 1.807) is 29.2 Å². The molecule has 1 N–H and O–H groups in total. The number of rotatable bonds is 6. The highest BCUT2D eigenvalue weighted by molar-refractivity contribution is 6.30. The van der Waals surface area contributed by atoms with Crippen molar-refractivity contribution in [3.8, 4) is 5.75 Å². The van der Waals surface area contributed by atoms with Crippen LogP contribution in [0.2, 0.25) is 5.02 Å². The molecule has 0 bridgehead atoms. The molecule has 19 heavy (non-hydrogen) atoms. The Morgan fingerprint density at radius 1 is 1.47 bits per heavy atom. The van der Waals surface area contributed by atoms with Crippen molar-refractivity contribution in [2.75, 3.05) is 19.8 Å². The summed E-state index contributed by atoms with van der Waals surface area (Å²) in [6, 6.07) is 7.23. The van der Waals surface area contributed by atoms with Gasteiger partial charge in [-0.3, -0.25) is 4.79 Å². The molecule has 1 aliphatic carbocycles. The molecular weight excluding hydrogens is 266 g/mol. The van der Waals surface area contributed by atoms with Crippen LogP contribution >= 0.6 is 11.6 Å². The molecule has 1 amide bonds. The van der Waals surface area contributed by atoms with Crippen molar-refractivity contribution in [2.24, 2.45) is 0 Å². The highest BCUT2D eigenvalue weighted by Gasteiger charge is 2.28. The molecule has 104 valence electrons. The van der Waals surface area contributed by atoms with Crippen LogP contribution in [-0.4, -0.2) is 41.7 Å². The van der Waals surface area contributed by atoms with Crippen LogP contribution in [-0.2, 0) is 4.79 Å². The minimum absolute atomic E-state index is 0.0145. The van der Waals surface area contributed by atoms with Crippen molar-refractivity contribution in [1.29, 1.82) is 0 Å². The average Bonchev–Trinajstić information content (AvgIpc) is 2.33. The molecule has 0 atom stereocenters. The van der Waals surface area contributed by atoms with Gasteiger partial charge in [0.25, 0.3) is 5.91 Å². The van der Waals surface area contributed by atoms with E-state index in [0.29, 0.717) is 17.3 Å². The number of halogens is 1. The third kappa shape index (κ3) is 3.85. The summed E-state index contributed by atoms with van der Waals surface area (Å²) in [4.78, 5) is 13.8. The Kier molecular flexibility index (Phi) is 5.05. The molecule has 1 aromatic rings. The van der Waals surface area contributed by atoms with Gasteiger partial charge >= 0.3 is 0 Å². The number of hydrogen-bond acceptors (Lipinski definition) is 3. The third-order valence-electron chi connectivity index (χ3n) is 3.34. The van der Waals surface area contributed by atoms with Gasteiger partial charge in [-0.15, -0.1) is 0 Å². The van der Waals surface area contributed by atoms with E-state index in [0.717, 1.165) is 19.3 Å². The van der Waals surface area contributed by atoms with Gasteiger partial charge in [0.1, 0.15) is 5.75 Å². The van der Waals surface area contributed by atoms with Crippen LogP contribution in [0.25, 0.3) is 0 Å². The molecular formula is C14H18ClNO3. The number of benzene rings is 1. The fourth-order valence-electron chi connectivity index (χ4n) is 2.10. The number of hydrogen-bond donors (Lipinski definition) is 1. The zero-order chi connectivity index (χ0) is 13.7. The maximum absolute atomic E-state index is 12.1. The van der Waals surface area contributed by atoms with Crippen molar-refractivity contribution in [2.45, 2.75) is 25.3 Å². The molecule has 2 rings (SSSR count). The zero-order valence-electron chi connectivity index (χ0n) is 10.7. The topological polar surface area (TPSA) is 49.8 Å². The Morgan fingerprint density at radius 3 is 2.84 bits per heavy atom. The van der Waals surface area contributed by atoms with Gasteiger partial charge in [0.2, 0.25) is 0 Å². The van der Waals surface area contributed by atoms with E-state index in [9.17, 15) is 4.79 Å². The van der Waals surface area contributed by atoms with Gasteiger partial charge in [0.05, 0.1) is 6.61 Å². The van der Waals surface area contributed by atoms with Crippen molar-refractivity contribution in [3.05, 3.63) is 29.3 Å². The predicted molar refractivity (Wildman–Crippen MR) is 73.4 cm³/mol. The molecule has 0 aliphatic heterocycles. The quantitative estimate of drug-likeness (QED) is 0.870. The molecule has 0 aromatic heterocycles. The largest absolute Gasteiger partial charge is 0.484 e. The Bertz CT molecular complexity index is 434. The Balaban J connectivity index is 1.88. The van der Waals surface area contributed by atoms with Gasteiger partial charge in [-0.05, 0) is 37.5 Å². The first kappa shape index (κ1) is 14.2. The van der Waals surface area contributed by atoms with Crippen molar-refractivity contribution in [1.82, 2.24) is 4.90 Å². The number of amides is 1. The Hall–Kier alpha value is -1.26. The molecule has 1 fully saturated rings. The zero-order valence-corrected chi connectivity index (χ0v) is 11.5. The van der Waals surface area contributed by atoms with Crippen LogP contribution in [0, 0.1) is 0 Å². The second kappa shape index (κ2) is 6.78. The molecule has 4 nitrogen and oxygen atoms in total. The third-order valence-corrected chi connectivity index (χ3v) is 3.57. The molecule has 0 spiro atoms. The Labute approximate surface area is 117 Å². The number of carbonyl (C=O) groups excluding carboxylic acids is 1. The van der Waals surface area contributed by atoms with Gasteiger partial charge in [0.15, 0.2) is 6.61 Å². The van der Waals surface area contributed by atoms with Gasteiger partial charge in [-0.1, -0.05) is 17.7 Å². The lowest BCUT2D eigenvalue weighted by molar-refractivity contribution is -0.138. The second-order valence-corrected chi connectivity index (χ2v) is 5.08. The minimum atomic E-state index is -0.0845. The minimum Gasteiger partial charge on any atom is -0.484 e. The van der Waals surface area contributed by atoms with Crippen LogP contribution in [0.4, 0.5) is 0 Å². The normalized spacial score (nSPS) is 14.8. The van der Waals surface area contributed by atoms with Crippen LogP contribution < -0.4 is 4.74 Å². The first-order valence-electron chi connectivity index (χ1n) is 6.49. The molecule has 0 saturated heterocycles. The number of nitrogens with zero attached hydrogens (tertiary/aromatic N) is 1. The molecule has 0 radical (unpaired) electrons. The summed E-state index contributed by atoms with van der Waals surface area (Å²) in [7, 11) is 0. The van der Waals surface area contributed by atoms with Crippen LogP contribution in [0.15, 0.2) is 24.3 Å². The van der Waals surface area contributed by atoms with Gasteiger partial charge < -0.3 is 14.7 Å². The SMILES string of the molecule is O=C(COc1cccc(Cl)c1)N(CCO)C1CCC1. The molecule has 1 saturated carbocycles. The second-order valence-electron chi connectivity index (χ2n) is 4.64. The van der Waals surface area contributed by atoms with Gasteiger partial charge in [-0.2, -0.15) is 0 Å². The monoisotopic (exact) mass is 283 g/mol. The van der Waals surface area contributed by atoms with Crippen molar-refractivity contribution >= 4 is 17.5 Å². The lowest BCUT2D eigenvalue weighted by Gasteiger charge is -2.37. The standard InChI is InChI=1S/C14H18ClNO3/c15-11-3-1-6-13(9-11)19-10-14(18)16(7-8-17)12-4-2-5-12/h1,3,6,9,12,17H,2,4-5,7-8,10H2. The summed E-state index contributed by atoms with van der Waals surface area (Å²) in [6.07, 6.45) is 3.18. The molecule has 5 heteroatoms. The van der Waals surface area contributed by atoms with E-state index in [1.165, 1.54) is 0 Å². The summed E-state index contributed by atoms with van der Waals surface area (Å²) in [6.45, 7) is 0.346. The van der Waals surface area contributed by atoms with E-state index < -0.39 is 0 Å². The summed E-state index contributed by atoms with van der Waals surface area (Å²) in [5, 5.41) is 9.60. The molecule has 0 unspecified atom stereocenters. The maximum atomic E-state index is 12.1. The predicted octanol–water partition coefficient (Wildman–Crippen LogP) is 2.09. The highest BCUT2D eigenvalue weighted by atomic mass is 35.5. The van der Waals surface area contributed by atoms with Crippen molar-refractivity contribution in [3.63, 3.8) is 0 Å². The fraction of sp³-hybridized carbons (Fsp3) is 0.500. The number of carbonyl (C=O) groups is 1. The van der Waals surface area contributed by atoms with E-state index in [2.05, 4.69) is 0 Å². The number of ether oxygens (including phenoxy) is 1. The van der Waals surface area contributed by atoms with Crippen LogP contribution in [0.5, 0.6) is 5.75 Å². The van der Waals surface area contributed by atoms with Crippen molar-refractivity contribution < 1.29 is 14.6 Å². The lowest BCUT2D eigenvalue weighted by atomic mass is 9.91. The van der Waals surface area contributed by atoms with E-state index in [-0.39, 0.29) is 25.2 Å². The highest BCUT2D eigenvalue weighted by Crippen LogP contribution is 2.25. The lowest BCUT2D eigenvalue weighted by Crippen LogP contribution is -2.47. The number of aliphatic hydroxyl groups is 1. The maximum Gasteiger partial charge on any atom is 0.260 e. The molecule has 1 aliphatic rings. The summed E-state index contributed by atoms with van der Waals surface area (Å²) < 4.78 is 5.44. The van der Waals surface area contributed by atoms with Crippen LogP contribution in [0.3, 0.4) is 0 Å². The summed E-state index contributed by atoms with van der Waals surface area (Å²) in [5.41, 5.74) is 0. The van der Waals surface area contributed by atoms with E-state index in [1.807, 2.05) is 0 Å².